The normalized spacial score (nSPS) is 12.9. The maximum atomic E-state index is 12.1. The molecule has 118 valence electrons. The molecule has 1 aromatic rings. The highest BCUT2D eigenvalue weighted by atomic mass is 16.2. The second kappa shape index (κ2) is 6.28. The van der Waals surface area contributed by atoms with Gasteiger partial charge in [-0.3, -0.25) is 4.79 Å². The van der Waals surface area contributed by atoms with Gasteiger partial charge in [-0.15, -0.1) is 0 Å². The van der Waals surface area contributed by atoms with Gasteiger partial charge >= 0.3 is 0 Å². The first-order valence-corrected chi connectivity index (χ1v) is 7.24. The van der Waals surface area contributed by atoms with Gasteiger partial charge in [0.25, 0.3) is 0 Å². The van der Waals surface area contributed by atoms with Crippen molar-refractivity contribution in [2.75, 3.05) is 24.6 Å². The molecule has 1 rings (SSSR count). The van der Waals surface area contributed by atoms with E-state index in [1.165, 1.54) is 0 Å². The van der Waals surface area contributed by atoms with Gasteiger partial charge in [0.1, 0.15) is 23.5 Å². The molecule has 0 saturated heterocycles. The number of nitrogens with zero attached hydrogens (tertiary/aromatic N) is 3. The number of hydrogen-bond acceptors (Lipinski definition) is 5. The molecule has 0 aliphatic heterocycles. The van der Waals surface area contributed by atoms with Crippen molar-refractivity contribution in [1.82, 2.24) is 14.9 Å². The number of likely N-dealkylation sites (N-methyl/N-ethyl adjacent to an activating group) is 1. The fourth-order valence-corrected chi connectivity index (χ4v) is 1.76. The van der Waals surface area contributed by atoms with Gasteiger partial charge in [0.15, 0.2) is 0 Å². The Morgan fingerprint density at radius 3 is 2.43 bits per heavy atom. The van der Waals surface area contributed by atoms with E-state index in [4.69, 9.17) is 5.73 Å². The van der Waals surface area contributed by atoms with Crippen molar-refractivity contribution in [3.8, 4) is 0 Å². The zero-order valence-corrected chi connectivity index (χ0v) is 14.1. The second-order valence-electron chi connectivity index (χ2n) is 6.37. The largest absolute Gasteiger partial charge is 0.383 e. The van der Waals surface area contributed by atoms with Crippen LogP contribution in [0.4, 0.5) is 11.6 Å². The lowest BCUT2D eigenvalue weighted by Gasteiger charge is -2.24. The number of nitrogens with two attached hydrogens (primary N) is 1. The zero-order valence-electron chi connectivity index (χ0n) is 14.1. The molecule has 1 aromatic heterocycles. The maximum Gasteiger partial charge on any atom is 0.244 e. The number of anilines is 2. The van der Waals surface area contributed by atoms with E-state index in [1.807, 2.05) is 41.5 Å². The Labute approximate surface area is 127 Å². The summed E-state index contributed by atoms with van der Waals surface area (Å²) in [6, 6.07) is -0.365. The number of nitrogen functional groups attached to an aromatic ring is 1. The molecule has 0 aromatic carbocycles. The minimum absolute atomic E-state index is 0.0198. The van der Waals surface area contributed by atoms with Crippen LogP contribution in [0.3, 0.4) is 0 Å². The summed E-state index contributed by atoms with van der Waals surface area (Å²) in [6.45, 7) is 12.4. The van der Waals surface area contributed by atoms with E-state index >= 15 is 0 Å². The van der Waals surface area contributed by atoms with E-state index in [-0.39, 0.29) is 17.4 Å². The molecule has 0 saturated carbocycles. The standard InChI is InChI=1S/C15H27N5O/c1-8-20(7)13(21)10(3)17-12-9(2)11(16)18-14(19-12)15(4,5)6/h10H,8H2,1-7H3,(H3,16,17,18,19). The van der Waals surface area contributed by atoms with Crippen molar-refractivity contribution in [3.05, 3.63) is 11.4 Å². The van der Waals surface area contributed by atoms with E-state index < -0.39 is 0 Å². The summed E-state index contributed by atoms with van der Waals surface area (Å²) in [6.07, 6.45) is 0. The maximum absolute atomic E-state index is 12.1. The predicted octanol–water partition coefficient (Wildman–Crippen LogP) is 1.94. The molecule has 1 heterocycles. The third-order valence-corrected chi connectivity index (χ3v) is 3.43. The average molecular weight is 293 g/mol. The van der Waals surface area contributed by atoms with Crippen LogP contribution < -0.4 is 11.1 Å². The van der Waals surface area contributed by atoms with Crippen LogP contribution in [0, 0.1) is 6.92 Å². The summed E-state index contributed by atoms with van der Waals surface area (Å²) >= 11 is 0. The third-order valence-electron chi connectivity index (χ3n) is 3.43. The molecule has 1 unspecified atom stereocenters. The average Bonchev–Trinajstić information content (AvgIpc) is 2.40. The first kappa shape index (κ1) is 17.2. The van der Waals surface area contributed by atoms with E-state index in [1.54, 1.807) is 11.9 Å². The monoisotopic (exact) mass is 293 g/mol. The first-order chi connectivity index (χ1) is 9.57. The Morgan fingerprint density at radius 1 is 1.38 bits per heavy atom. The zero-order chi connectivity index (χ0) is 16.4. The summed E-state index contributed by atoms with van der Waals surface area (Å²) in [5.41, 5.74) is 6.53. The molecule has 0 aliphatic rings. The summed E-state index contributed by atoms with van der Waals surface area (Å²) < 4.78 is 0. The summed E-state index contributed by atoms with van der Waals surface area (Å²) in [7, 11) is 1.78. The molecule has 1 amide bonds. The number of carbonyl (C=O) groups is 1. The second-order valence-corrected chi connectivity index (χ2v) is 6.37. The van der Waals surface area contributed by atoms with Gasteiger partial charge in [0.2, 0.25) is 5.91 Å². The van der Waals surface area contributed by atoms with E-state index in [2.05, 4.69) is 15.3 Å². The number of rotatable bonds is 4. The Morgan fingerprint density at radius 2 is 1.95 bits per heavy atom. The van der Waals surface area contributed by atoms with Crippen LogP contribution >= 0.6 is 0 Å². The molecule has 1 atom stereocenters. The van der Waals surface area contributed by atoms with Crippen molar-refractivity contribution >= 4 is 17.5 Å². The van der Waals surface area contributed by atoms with Crippen LogP contribution in [0.25, 0.3) is 0 Å². The van der Waals surface area contributed by atoms with Crippen molar-refractivity contribution in [3.63, 3.8) is 0 Å². The van der Waals surface area contributed by atoms with Crippen molar-refractivity contribution in [1.29, 1.82) is 0 Å². The SMILES string of the molecule is CCN(C)C(=O)C(C)Nc1nc(C(C)(C)C)nc(N)c1C. The molecule has 3 N–H and O–H groups in total. The predicted molar refractivity (Wildman–Crippen MR) is 86.3 cm³/mol. The lowest BCUT2D eigenvalue weighted by molar-refractivity contribution is -0.130. The molecule has 6 nitrogen and oxygen atoms in total. The Bertz CT molecular complexity index is 522. The Balaban J connectivity index is 3.08. The van der Waals surface area contributed by atoms with Crippen LogP contribution in [-0.2, 0) is 10.2 Å². The lowest BCUT2D eigenvalue weighted by Crippen LogP contribution is -2.39. The number of carbonyl (C=O) groups excluding carboxylic acids is 1. The molecule has 0 radical (unpaired) electrons. The van der Waals surface area contributed by atoms with Crippen LogP contribution in [0.1, 0.15) is 46.0 Å². The summed E-state index contributed by atoms with van der Waals surface area (Å²) in [5, 5.41) is 3.16. The molecular formula is C15H27N5O. The minimum atomic E-state index is -0.365. The molecule has 6 heteroatoms. The highest BCUT2D eigenvalue weighted by Gasteiger charge is 2.23. The highest BCUT2D eigenvalue weighted by Crippen LogP contribution is 2.25. The van der Waals surface area contributed by atoms with Gasteiger partial charge in [0.05, 0.1) is 0 Å². The topological polar surface area (TPSA) is 84.1 Å². The van der Waals surface area contributed by atoms with Gasteiger partial charge in [-0.2, -0.15) is 0 Å². The molecular weight excluding hydrogens is 266 g/mol. The molecule has 0 spiro atoms. The third kappa shape index (κ3) is 4.06. The van der Waals surface area contributed by atoms with Crippen molar-refractivity contribution in [2.24, 2.45) is 0 Å². The van der Waals surface area contributed by atoms with Gasteiger partial charge in [0, 0.05) is 24.6 Å². The molecule has 0 fully saturated rings. The first-order valence-electron chi connectivity index (χ1n) is 7.24. The van der Waals surface area contributed by atoms with E-state index in [0.717, 1.165) is 5.56 Å². The fraction of sp³-hybridized carbons (Fsp3) is 0.667. The quantitative estimate of drug-likeness (QED) is 0.886. The van der Waals surface area contributed by atoms with Crippen LogP contribution in [0.2, 0.25) is 0 Å². The number of hydrogen-bond donors (Lipinski definition) is 2. The van der Waals surface area contributed by atoms with Gasteiger partial charge in [-0.05, 0) is 20.8 Å². The molecule has 0 bridgehead atoms. The molecule has 0 aliphatic carbocycles. The van der Waals surface area contributed by atoms with Crippen LogP contribution in [0.15, 0.2) is 0 Å². The fourth-order valence-electron chi connectivity index (χ4n) is 1.76. The van der Waals surface area contributed by atoms with E-state index in [9.17, 15) is 4.79 Å². The van der Waals surface area contributed by atoms with Gasteiger partial charge < -0.3 is 16.0 Å². The lowest BCUT2D eigenvalue weighted by atomic mass is 9.95. The van der Waals surface area contributed by atoms with E-state index in [0.29, 0.717) is 24.0 Å². The summed E-state index contributed by atoms with van der Waals surface area (Å²) in [5.74, 6) is 1.75. The Kier molecular flexibility index (Phi) is 5.15. The Hall–Kier alpha value is -1.85. The van der Waals surface area contributed by atoms with Crippen molar-refractivity contribution < 1.29 is 4.79 Å². The minimum Gasteiger partial charge on any atom is -0.383 e. The summed E-state index contributed by atoms with van der Waals surface area (Å²) in [4.78, 5) is 22.7. The van der Waals surface area contributed by atoms with Crippen LogP contribution in [0.5, 0.6) is 0 Å². The molecule has 21 heavy (non-hydrogen) atoms. The van der Waals surface area contributed by atoms with Gasteiger partial charge in [-0.1, -0.05) is 20.8 Å². The number of nitrogens with one attached hydrogen (secondary N) is 1. The smallest absolute Gasteiger partial charge is 0.244 e. The highest BCUT2D eigenvalue weighted by molar-refractivity contribution is 5.84. The van der Waals surface area contributed by atoms with Crippen molar-refractivity contribution in [2.45, 2.75) is 53.0 Å². The van der Waals surface area contributed by atoms with Gasteiger partial charge in [-0.25, -0.2) is 9.97 Å². The van der Waals surface area contributed by atoms with Crippen LogP contribution in [-0.4, -0.2) is 40.4 Å². The number of aromatic nitrogens is 2. The number of amides is 1.